The molecule has 0 unspecified atom stereocenters. The fraction of sp³-hybridized carbons (Fsp3) is 0.458. The van der Waals surface area contributed by atoms with Gasteiger partial charge in [-0.25, -0.2) is 0 Å². The molecule has 1 atom stereocenters. The zero-order chi connectivity index (χ0) is 25.4. The number of tetrazole rings is 1. The minimum atomic E-state index is -0.648. The van der Waals surface area contributed by atoms with Crippen molar-refractivity contribution < 1.29 is 19.1 Å². The second-order valence-corrected chi connectivity index (χ2v) is 9.50. The third-order valence-corrected chi connectivity index (χ3v) is 6.33. The number of amides is 2. The van der Waals surface area contributed by atoms with E-state index in [2.05, 4.69) is 34.6 Å². The minimum absolute atomic E-state index is 0.144. The Morgan fingerprint density at radius 1 is 1.14 bits per heavy atom. The molecule has 3 aromatic rings. The molecule has 188 valence electrons. The molecule has 0 bridgehead atoms. The summed E-state index contributed by atoms with van der Waals surface area (Å²) in [6.45, 7) is 6.69. The number of hydrogen-bond donors (Lipinski definition) is 1. The van der Waals surface area contributed by atoms with Crippen molar-refractivity contribution in [3.05, 3.63) is 40.6 Å². The summed E-state index contributed by atoms with van der Waals surface area (Å²) in [6.07, 6.45) is 0.874. The number of carbonyl (C=O) groups is 2. The van der Waals surface area contributed by atoms with Crippen LogP contribution in [-0.4, -0.2) is 63.7 Å². The van der Waals surface area contributed by atoms with Crippen molar-refractivity contribution in [1.29, 1.82) is 0 Å². The van der Waals surface area contributed by atoms with Gasteiger partial charge in [0, 0.05) is 17.0 Å². The number of carbonyl (C=O) groups excluding carboxylic acids is 2. The second kappa shape index (κ2) is 12.3. The fourth-order valence-electron chi connectivity index (χ4n) is 3.40. The minimum Gasteiger partial charge on any atom is -0.493 e. The molecule has 0 aliphatic heterocycles. The lowest BCUT2D eigenvalue weighted by atomic mass is 10.1. The molecule has 35 heavy (non-hydrogen) atoms. The van der Waals surface area contributed by atoms with E-state index in [0.29, 0.717) is 41.9 Å². The Morgan fingerprint density at radius 3 is 2.57 bits per heavy atom. The number of nitrogens with zero attached hydrogens (tertiary/aromatic N) is 5. The molecular weight excluding hydrogens is 468 g/mol. The molecule has 1 N–H and O–H groups in total. The number of nitrogens with one attached hydrogen (secondary N) is 1. The van der Waals surface area contributed by atoms with Crippen molar-refractivity contribution in [2.75, 3.05) is 20.8 Å². The van der Waals surface area contributed by atoms with E-state index < -0.39 is 6.04 Å². The quantitative estimate of drug-likeness (QED) is 0.407. The summed E-state index contributed by atoms with van der Waals surface area (Å²) >= 11 is 1.54. The lowest BCUT2D eigenvalue weighted by Crippen LogP contribution is -2.48. The zero-order valence-electron chi connectivity index (χ0n) is 20.7. The van der Waals surface area contributed by atoms with E-state index in [0.717, 1.165) is 11.3 Å². The molecule has 2 heterocycles. The second-order valence-electron chi connectivity index (χ2n) is 8.46. The van der Waals surface area contributed by atoms with E-state index >= 15 is 0 Å². The van der Waals surface area contributed by atoms with Gasteiger partial charge in [-0.3, -0.25) is 9.59 Å². The number of aromatic nitrogens is 4. The maximum absolute atomic E-state index is 13.3. The molecule has 0 spiro atoms. The number of hydrogen-bond acceptors (Lipinski definition) is 8. The van der Waals surface area contributed by atoms with Gasteiger partial charge in [0.2, 0.25) is 17.6 Å². The summed E-state index contributed by atoms with van der Waals surface area (Å²) in [6, 6.07) is 8.50. The fourth-order valence-corrected chi connectivity index (χ4v) is 4.10. The molecule has 0 saturated carbocycles. The Hall–Kier alpha value is -3.47. The molecular formula is C24H32N6O4S. The van der Waals surface area contributed by atoms with Gasteiger partial charge in [-0.05, 0) is 54.1 Å². The summed E-state index contributed by atoms with van der Waals surface area (Å²) in [5.74, 6) is 1.49. The van der Waals surface area contributed by atoms with E-state index in [1.807, 2.05) is 17.5 Å². The number of ether oxygens (including phenoxy) is 2. The smallest absolute Gasteiger partial charge is 0.247 e. The number of benzene rings is 1. The summed E-state index contributed by atoms with van der Waals surface area (Å²) < 4.78 is 10.6. The van der Waals surface area contributed by atoms with Crippen molar-refractivity contribution in [2.24, 2.45) is 5.92 Å². The van der Waals surface area contributed by atoms with Gasteiger partial charge in [0.25, 0.3) is 0 Å². The zero-order valence-corrected chi connectivity index (χ0v) is 21.5. The average molecular weight is 501 g/mol. The van der Waals surface area contributed by atoms with Crippen molar-refractivity contribution in [3.63, 3.8) is 0 Å². The molecule has 0 saturated heterocycles. The number of rotatable bonds is 12. The Kier molecular flexibility index (Phi) is 9.18. The van der Waals surface area contributed by atoms with Gasteiger partial charge in [-0.2, -0.15) is 4.80 Å². The molecule has 2 aromatic heterocycles. The third kappa shape index (κ3) is 7.01. The van der Waals surface area contributed by atoms with Gasteiger partial charge in [0.1, 0.15) is 12.6 Å². The maximum Gasteiger partial charge on any atom is 0.247 e. The Labute approximate surface area is 209 Å². The average Bonchev–Trinajstić information content (AvgIpc) is 3.53. The van der Waals surface area contributed by atoms with Crippen molar-refractivity contribution >= 4 is 23.2 Å². The van der Waals surface area contributed by atoms with Crippen LogP contribution in [0.25, 0.3) is 11.4 Å². The number of methoxy groups -OCH3 is 2. The van der Waals surface area contributed by atoms with Crippen molar-refractivity contribution in [2.45, 2.75) is 46.3 Å². The van der Waals surface area contributed by atoms with Crippen LogP contribution >= 0.6 is 11.3 Å². The number of thiophene rings is 1. The Morgan fingerprint density at radius 2 is 1.91 bits per heavy atom. The van der Waals surface area contributed by atoms with Gasteiger partial charge in [-0.15, -0.1) is 21.5 Å². The predicted octanol–water partition coefficient (Wildman–Crippen LogP) is 3.00. The van der Waals surface area contributed by atoms with E-state index in [9.17, 15) is 9.59 Å². The molecule has 10 nitrogen and oxygen atoms in total. The topological polar surface area (TPSA) is 111 Å². The van der Waals surface area contributed by atoms with Crippen molar-refractivity contribution in [3.8, 4) is 22.9 Å². The lowest BCUT2D eigenvalue weighted by molar-refractivity contribution is -0.141. The molecule has 2 amide bonds. The standard InChI is InChI=1S/C24H32N6O4S/c1-16(2)10-11-25-24(32)17(3)29(14-19-7-6-12-35-19)22(31)15-30-27-23(26-28-30)18-8-9-20(33-4)21(13-18)34-5/h6-9,12-13,16-17H,10-11,14-15H2,1-5H3,(H,25,32)/t17-/m0/s1. The summed E-state index contributed by atoms with van der Waals surface area (Å²) in [4.78, 5) is 29.8. The first-order valence-electron chi connectivity index (χ1n) is 11.4. The maximum atomic E-state index is 13.3. The van der Waals surface area contributed by atoms with Gasteiger partial charge in [-0.1, -0.05) is 19.9 Å². The first kappa shape index (κ1) is 26.1. The highest BCUT2D eigenvalue weighted by Gasteiger charge is 2.27. The molecule has 0 aliphatic rings. The largest absolute Gasteiger partial charge is 0.493 e. The highest BCUT2D eigenvalue weighted by Crippen LogP contribution is 2.30. The first-order valence-corrected chi connectivity index (χ1v) is 12.3. The highest BCUT2D eigenvalue weighted by molar-refractivity contribution is 7.09. The van der Waals surface area contributed by atoms with E-state index in [1.165, 1.54) is 16.1 Å². The molecule has 0 aliphatic carbocycles. The SMILES string of the molecule is COc1ccc(-c2nnn(CC(=O)N(Cc3cccs3)[C@@H](C)C(=O)NCCC(C)C)n2)cc1OC. The van der Waals surface area contributed by atoms with Crippen LogP contribution < -0.4 is 14.8 Å². The molecule has 0 radical (unpaired) electrons. The van der Waals surface area contributed by atoms with Crippen LogP contribution in [0.5, 0.6) is 11.5 Å². The molecule has 0 fully saturated rings. The van der Waals surface area contributed by atoms with E-state index in [1.54, 1.807) is 44.2 Å². The van der Waals surface area contributed by atoms with Crippen LogP contribution in [0.4, 0.5) is 0 Å². The lowest BCUT2D eigenvalue weighted by Gasteiger charge is -2.28. The third-order valence-electron chi connectivity index (χ3n) is 5.47. The molecule has 3 rings (SSSR count). The van der Waals surface area contributed by atoms with Gasteiger partial charge >= 0.3 is 0 Å². The predicted molar refractivity (Wildman–Crippen MR) is 133 cm³/mol. The van der Waals surface area contributed by atoms with Crippen LogP contribution in [0.2, 0.25) is 0 Å². The van der Waals surface area contributed by atoms with E-state index in [-0.39, 0.29) is 18.4 Å². The molecule has 11 heteroatoms. The summed E-state index contributed by atoms with van der Waals surface area (Å²) in [5.41, 5.74) is 0.676. The van der Waals surface area contributed by atoms with Gasteiger partial charge < -0.3 is 19.7 Å². The highest BCUT2D eigenvalue weighted by atomic mass is 32.1. The summed E-state index contributed by atoms with van der Waals surface area (Å²) in [7, 11) is 3.11. The summed E-state index contributed by atoms with van der Waals surface area (Å²) in [5, 5.41) is 17.4. The monoisotopic (exact) mass is 500 g/mol. The van der Waals surface area contributed by atoms with Crippen LogP contribution in [-0.2, 0) is 22.7 Å². The first-order chi connectivity index (χ1) is 16.8. The van der Waals surface area contributed by atoms with E-state index in [4.69, 9.17) is 9.47 Å². The Balaban J connectivity index is 1.74. The van der Waals surface area contributed by atoms with Crippen molar-refractivity contribution in [1.82, 2.24) is 30.4 Å². The van der Waals surface area contributed by atoms with Crippen LogP contribution in [0.1, 0.15) is 32.1 Å². The van der Waals surface area contributed by atoms with Crippen LogP contribution in [0.3, 0.4) is 0 Å². The van der Waals surface area contributed by atoms with Crippen LogP contribution in [0.15, 0.2) is 35.7 Å². The van der Waals surface area contributed by atoms with Gasteiger partial charge in [0.05, 0.1) is 20.8 Å². The normalized spacial score (nSPS) is 11.8. The molecule has 1 aromatic carbocycles. The van der Waals surface area contributed by atoms with Gasteiger partial charge in [0.15, 0.2) is 11.5 Å². The Bertz CT molecular complexity index is 1120. The van der Waals surface area contributed by atoms with Crippen LogP contribution in [0, 0.1) is 5.92 Å².